The van der Waals surface area contributed by atoms with Crippen LogP contribution in [0.4, 0.5) is 0 Å². The molecule has 2 aromatic rings. The number of carbonyl (C=O) groups excluding carboxylic acids is 1. The number of nitrogens with one attached hydrogen (secondary N) is 1. The molecule has 3 rings (SSSR count). The van der Waals surface area contributed by atoms with Crippen LogP contribution in [-0.2, 0) is 7.05 Å². The van der Waals surface area contributed by atoms with Crippen LogP contribution >= 0.6 is 0 Å². The summed E-state index contributed by atoms with van der Waals surface area (Å²) >= 11 is 0. The average Bonchev–Trinajstić information content (AvgIpc) is 3.12. The van der Waals surface area contributed by atoms with Crippen LogP contribution in [0.15, 0.2) is 39.7 Å². The third-order valence-electron chi connectivity index (χ3n) is 4.35. The lowest BCUT2D eigenvalue weighted by atomic mass is 10.1. The van der Waals surface area contributed by atoms with Gasteiger partial charge >= 0.3 is 0 Å². The zero-order valence-corrected chi connectivity index (χ0v) is 13.8. The van der Waals surface area contributed by atoms with Gasteiger partial charge in [-0.15, -0.1) is 0 Å². The molecule has 0 spiro atoms. The summed E-state index contributed by atoms with van der Waals surface area (Å²) in [5.74, 6) is 0.560. The fraction of sp³-hybridized carbons (Fsp3) is 0.471. The minimum atomic E-state index is -0.292. The highest BCUT2D eigenvalue weighted by Gasteiger charge is 2.25. The fourth-order valence-electron chi connectivity index (χ4n) is 3.02. The Balaban J connectivity index is 1.69. The van der Waals surface area contributed by atoms with Crippen molar-refractivity contribution in [3.05, 3.63) is 52.3 Å². The molecule has 1 atom stereocenters. The van der Waals surface area contributed by atoms with E-state index in [2.05, 4.69) is 15.3 Å². The molecule has 7 heteroatoms. The highest BCUT2D eigenvalue weighted by atomic mass is 16.3. The monoisotopic (exact) mass is 330 g/mol. The van der Waals surface area contributed by atoms with Crippen LogP contribution in [0, 0.1) is 0 Å². The second kappa shape index (κ2) is 7.44. The maximum absolute atomic E-state index is 12.3. The van der Waals surface area contributed by atoms with Crippen LogP contribution in [0.3, 0.4) is 0 Å². The van der Waals surface area contributed by atoms with Gasteiger partial charge in [0, 0.05) is 19.7 Å². The Morgan fingerprint density at radius 2 is 2.08 bits per heavy atom. The van der Waals surface area contributed by atoms with Crippen molar-refractivity contribution >= 4 is 5.91 Å². The summed E-state index contributed by atoms with van der Waals surface area (Å²) < 4.78 is 6.72. The average molecular weight is 330 g/mol. The molecule has 0 radical (unpaired) electrons. The number of hydrogen-bond acceptors (Lipinski definition) is 5. The highest BCUT2D eigenvalue weighted by Crippen LogP contribution is 2.24. The normalized spacial score (nSPS) is 16.7. The predicted molar refractivity (Wildman–Crippen MR) is 88.7 cm³/mol. The summed E-state index contributed by atoms with van der Waals surface area (Å²) in [4.78, 5) is 26.0. The van der Waals surface area contributed by atoms with E-state index < -0.39 is 0 Å². The quantitative estimate of drug-likeness (QED) is 0.894. The van der Waals surface area contributed by atoms with Crippen molar-refractivity contribution in [1.82, 2.24) is 20.0 Å². The minimum absolute atomic E-state index is 0.0109. The molecule has 1 fully saturated rings. The topological polar surface area (TPSA) is 80.4 Å². The Hall–Kier alpha value is -2.41. The van der Waals surface area contributed by atoms with Gasteiger partial charge < -0.3 is 9.73 Å². The lowest BCUT2D eigenvalue weighted by Gasteiger charge is -2.33. The molecular weight excluding hydrogens is 308 g/mol. The highest BCUT2D eigenvalue weighted by molar-refractivity contribution is 5.92. The van der Waals surface area contributed by atoms with E-state index in [1.54, 1.807) is 6.26 Å². The summed E-state index contributed by atoms with van der Waals surface area (Å²) in [6.07, 6.45) is 5.22. The number of amides is 1. The Labute approximate surface area is 140 Å². The maximum Gasteiger partial charge on any atom is 0.271 e. The van der Waals surface area contributed by atoms with E-state index in [1.165, 1.54) is 25.6 Å². The van der Waals surface area contributed by atoms with Crippen molar-refractivity contribution < 1.29 is 9.21 Å². The Kier molecular flexibility index (Phi) is 5.10. The first-order chi connectivity index (χ1) is 11.6. The van der Waals surface area contributed by atoms with E-state index in [0.717, 1.165) is 36.4 Å². The van der Waals surface area contributed by atoms with Crippen molar-refractivity contribution in [1.29, 1.82) is 0 Å². The van der Waals surface area contributed by atoms with Gasteiger partial charge in [0.1, 0.15) is 11.5 Å². The van der Waals surface area contributed by atoms with Gasteiger partial charge in [0.15, 0.2) is 0 Å². The molecule has 3 heterocycles. The first kappa shape index (κ1) is 16.4. The van der Waals surface area contributed by atoms with Gasteiger partial charge in [-0.3, -0.25) is 14.5 Å². The lowest BCUT2D eigenvalue weighted by molar-refractivity contribution is 0.0907. The molecule has 1 unspecified atom stereocenters. The Morgan fingerprint density at radius 1 is 1.29 bits per heavy atom. The van der Waals surface area contributed by atoms with Gasteiger partial charge in [0.2, 0.25) is 0 Å². The molecule has 0 saturated carbocycles. The first-order valence-electron chi connectivity index (χ1n) is 8.25. The van der Waals surface area contributed by atoms with Gasteiger partial charge in [0.05, 0.1) is 12.3 Å². The summed E-state index contributed by atoms with van der Waals surface area (Å²) in [5, 5.41) is 6.89. The Morgan fingerprint density at radius 3 is 2.75 bits per heavy atom. The zero-order valence-electron chi connectivity index (χ0n) is 13.8. The predicted octanol–water partition coefficient (Wildman–Crippen LogP) is 1.33. The lowest BCUT2D eigenvalue weighted by Crippen LogP contribution is -2.41. The fourth-order valence-corrected chi connectivity index (χ4v) is 3.02. The third-order valence-corrected chi connectivity index (χ3v) is 4.35. The van der Waals surface area contributed by atoms with E-state index in [0.29, 0.717) is 6.54 Å². The summed E-state index contributed by atoms with van der Waals surface area (Å²) in [7, 11) is 1.53. The molecule has 0 aliphatic carbocycles. The number of aromatic nitrogens is 2. The number of aryl methyl sites for hydroxylation is 1. The third kappa shape index (κ3) is 3.73. The molecule has 1 N–H and O–H groups in total. The molecule has 1 aliphatic rings. The van der Waals surface area contributed by atoms with Crippen molar-refractivity contribution in [3.63, 3.8) is 0 Å². The number of piperidine rings is 1. The molecule has 0 bridgehead atoms. The molecule has 2 aromatic heterocycles. The van der Waals surface area contributed by atoms with Crippen LogP contribution in [0.1, 0.15) is 41.6 Å². The second-order valence-electron chi connectivity index (χ2n) is 6.02. The second-order valence-corrected chi connectivity index (χ2v) is 6.02. The first-order valence-corrected chi connectivity index (χ1v) is 8.25. The van der Waals surface area contributed by atoms with Gasteiger partial charge in [0.25, 0.3) is 11.5 Å². The summed E-state index contributed by atoms with van der Waals surface area (Å²) in [6.45, 7) is 2.44. The smallest absolute Gasteiger partial charge is 0.271 e. The molecule has 1 aliphatic heterocycles. The maximum atomic E-state index is 12.3. The summed E-state index contributed by atoms with van der Waals surface area (Å²) in [6, 6.07) is 6.60. The molecule has 1 saturated heterocycles. The van der Waals surface area contributed by atoms with E-state index in [9.17, 15) is 9.59 Å². The molecule has 7 nitrogen and oxygen atoms in total. The largest absolute Gasteiger partial charge is 0.468 e. The van der Waals surface area contributed by atoms with Crippen molar-refractivity contribution in [3.8, 4) is 0 Å². The Bertz CT molecular complexity index is 733. The number of hydrogen-bond donors (Lipinski definition) is 1. The summed E-state index contributed by atoms with van der Waals surface area (Å²) in [5.41, 5.74) is -0.0118. The van der Waals surface area contributed by atoms with Gasteiger partial charge in [-0.05, 0) is 44.1 Å². The van der Waals surface area contributed by atoms with Crippen LogP contribution < -0.4 is 10.9 Å². The number of furan rings is 1. The van der Waals surface area contributed by atoms with Crippen LogP contribution in [0.2, 0.25) is 0 Å². The van der Waals surface area contributed by atoms with Gasteiger partial charge in [-0.1, -0.05) is 6.42 Å². The molecule has 128 valence electrons. The zero-order chi connectivity index (χ0) is 16.9. The molecule has 1 amide bonds. The molecule has 0 aromatic carbocycles. The van der Waals surface area contributed by atoms with Crippen LogP contribution in [-0.4, -0.2) is 40.2 Å². The SMILES string of the molecule is Cn1nc(C(=O)NCC(c2ccco2)N2CCCCC2)ccc1=O. The van der Waals surface area contributed by atoms with E-state index in [4.69, 9.17) is 4.42 Å². The van der Waals surface area contributed by atoms with Gasteiger partial charge in [-0.25, -0.2) is 4.68 Å². The van der Waals surface area contributed by atoms with E-state index in [-0.39, 0.29) is 23.2 Å². The van der Waals surface area contributed by atoms with E-state index >= 15 is 0 Å². The standard InChI is InChI=1S/C17H22N4O3/c1-20-16(22)8-7-13(19-20)17(23)18-12-14(15-6-5-11-24-15)21-9-3-2-4-10-21/h5-8,11,14H,2-4,9-10,12H2,1H3,(H,18,23). The van der Waals surface area contributed by atoms with Crippen LogP contribution in [0.25, 0.3) is 0 Å². The van der Waals surface area contributed by atoms with Crippen molar-refractivity contribution in [2.75, 3.05) is 19.6 Å². The molecular formula is C17H22N4O3. The number of likely N-dealkylation sites (tertiary alicyclic amines) is 1. The van der Waals surface area contributed by atoms with E-state index in [1.807, 2.05) is 12.1 Å². The number of nitrogens with zero attached hydrogens (tertiary/aromatic N) is 3. The molecule has 24 heavy (non-hydrogen) atoms. The van der Waals surface area contributed by atoms with Crippen molar-refractivity contribution in [2.24, 2.45) is 7.05 Å². The number of carbonyl (C=O) groups is 1. The van der Waals surface area contributed by atoms with Crippen molar-refractivity contribution in [2.45, 2.75) is 25.3 Å². The number of rotatable bonds is 5. The van der Waals surface area contributed by atoms with Gasteiger partial charge in [-0.2, -0.15) is 5.10 Å². The minimum Gasteiger partial charge on any atom is -0.468 e. The van der Waals surface area contributed by atoms with Crippen LogP contribution in [0.5, 0.6) is 0 Å².